The number of ether oxygens (including phenoxy) is 3. The second-order valence-corrected chi connectivity index (χ2v) is 6.40. The largest absolute Gasteiger partial charge is 0.493 e. The highest BCUT2D eigenvalue weighted by molar-refractivity contribution is 6.01. The number of hydrogen-bond donors (Lipinski definition) is 0. The first kappa shape index (κ1) is 22.8. The molecule has 2 rings (SSSR count). The Morgan fingerprint density at radius 3 is 2.07 bits per heavy atom. The van der Waals surface area contributed by atoms with E-state index in [9.17, 15) is 4.79 Å². The summed E-state index contributed by atoms with van der Waals surface area (Å²) >= 11 is 0. The minimum Gasteiger partial charge on any atom is -0.493 e. The molecule has 0 aromatic heterocycles. The van der Waals surface area contributed by atoms with Crippen molar-refractivity contribution in [3.63, 3.8) is 0 Å². The minimum atomic E-state index is -0.195. The number of rotatable bonds is 9. The first-order chi connectivity index (χ1) is 12.5. The summed E-state index contributed by atoms with van der Waals surface area (Å²) in [6.07, 6.45) is 0.662. The van der Waals surface area contributed by atoms with Crippen LogP contribution in [0.1, 0.15) is 15.9 Å². The lowest BCUT2D eigenvalue weighted by atomic mass is 9.90. The van der Waals surface area contributed by atoms with Crippen molar-refractivity contribution in [2.75, 3.05) is 42.0 Å². The normalized spacial score (nSPS) is 11.5. The molecule has 0 radical (unpaired) electrons. The predicted molar refractivity (Wildman–Crippen MR) is 110 cm³/mol. The van der Waals surface area contributed by atoms with Gasteiger partial charge in [0.15, 0.2) is 17.3 Å². The zero-order valence-electron chi connectivity index (χ0n) is 16.5. The molecule has 0 bridgehead atoms. The molecule has 0 N–H and O–H groups in total. The van der Waals surface area contributed by atoms with E-state index >= 15 is 0 Å². The first-order valence-corrected chi connectivity index (χ1v) is 8.53. The summed E-state index contributed by atoms with van der Waals surface area (Å²) in [5.74, 6) is 1.21. The van der Waals surface area contributed by atoms with E-state index in [0.717, 1.165) is 5.56 Å². The van der Waals surface area contributed by atoms with E-state index in [1.54, 1.807) is 19.2 Å². The maximum atomic E-state index is 13.3. The average molecular weight is 394 g/mol. The Hall–Kier alpha value is -2.24. The summed E-state index contributed by atoms with van der Waals surface area (Å²) in [5.41, 5.74) is 1.64. The van der Waals surface area contributed by atoms with Gasteiger partial charge in [-0.1, -0.05) is 30.3 Å². The van der Waals surface area contributed by atoms with E-state index in [1.165, 1.54) is 14.2 Å². The number of Topliss-reactive ketones (excluding diaryl/α,β-unsaturated/α-hetero) is 1. The van der Waals surface area contributed by atoms with Crippen molar-refractivity contribution >= 4 is 18.2 Å². The quantitative estimate of drug-likeness (QED) is 0.607. The number of ketones is 1. The van der Waals surface area contributed by atoms with Crippen molar-refractivity contribution in [1.82, 2.24) is 4.90 Å². The van der Waals surface area contributed by atoms with Crippen LogP contribution in [0.2, 0.25) is 0 Å². The molecule has 0 aliphatic rings. The Kier molecular flexibility index (Phi) is 9.12. The predicted octanol–water partition coefficient (Wildman–Crippen LogP) is 3.74. The number of benzene rings is 2. The minimum absolute atomic E-state index is 0. The van der Waals surface area contributed by atoms with Gasteiger partial charge in [-0.25, -0.2) is 0 Å². The number of methoxy groups -OCH3 is 3. The van der Waals surface area contributed by atoms with Crippen LogP contribution in [0.25, 0.3) is 0 Å². The van der Waals surface area contributed by atoms with E-state index in [0.29, 0.717) is 35.8 Å². The van der Waals surface area contributed by atoms with Gasteiger partial charge in [0.1, 0.15) is 0 Å². The second-order valence-electron chi connectivity index (χ2n) is 6.40. The fourth-order valence-electron chi connectivity index (χ4n) is 3.09. The van der Waals surface area contributed by atoms with E-state index in [2.05, 4.69) is 0 Å². The van der Waals surface area contributed by atoms with Crippen LogP contribution in [0.4, 0.5) is 0 Å². The highest BCUT2D eigenvalue weighted by atomic mass is 35.5. The van der Waals surface area contributed by atoms with Gasteiger partial charge in [-0.05, 0) is 38.2 Å². The monoisotopic (exact) mass is 393 g/mol. The molecule has 0 amide bonds. The Balaban J connectivity index is 0.00000364. The van der Waals surface area contributed by atoms with Crippen molar-refractivity contribution in [3.05, 3.63) is 53.6 Å². The van der Waals surface area contributed by atoms with Crippen LogP contribution >= 0.6 is 12.4 Å². The summed E-state index contributed by atoms with van der Waals surface area (Å²) in [5, 5.41) is 0. The molecule has 148 valence electrons. The van der Waals surface area contributed by atoms with Crippen LogP contribution < -0.4 is 14.2 Å². The van der Waals surface area contributed by atoms with Crippen LogP contribution in [0, 0.1) is 5.92 Å². The van der Waals surface area contributed by atoms with Gasteiger partial charge < -0.3 is 19.1 Å². The highest BCUT2D eigenvalue weighted by Gasteiger charge is 2.27. The SMILES string of the molecule is COc1ccc(C(=O)[C@@H](Cc2ccccc2)CN(C)C)c(OC)c1OC.Cl. The molecule has 0 fully saturated rings. The van der Waals surface area contributed by atoms with Crippen molar-refractivity contribution in [1.29, 1.82) is 0 Å². The number of nitrogens with zero attached hydrogens (tertiary/aromatic N) is 1. The lowest BCUT2D eigenvalue weighted by Crippen LogP contribution is -2.30. The maximum absolute atomic E-state index is 13.3. The maximum Gasteiger partial charge on any atom is 0.204 e. The van der Waals surface area contributed by atoms with Crippen LogP contribution in [-0.2, 0) is 6.42 Å². The summed E-state index contributed by atoms with van der Waals surface area (Å²) in [6.45, 7) is 0.644. The summed E-state index contributed by atoms with van der Waals surface area (Å²) in [7, 11) is 8.57. The van der Waals surface area contributed by atoms with Crippen molar-refractivity contribution in [2.24, 2.45) is 5.92 Å². The first-order valence-electron chi connectivity index (χ1n) is 8.53. The standard InChI is InChI=1S/C21H27NO4.ClH/c1-22(2)14-16(13-15-9-7-6-8-10-15)19(23)17-11-12-18(24-3)21(26-5)20(17)25-4;/h6-12,16H,13-14H2,1-5H3;1H/t16-;/m0./s1. The van der Waals surface area contributed by atoms with Crippen LogP contribution in [-0.4, -0.2) is 52.7 Å². The molecule has 0 saturated carbocycles. The van der Waals surface area contributed by atoms with E-state index in [4.69, 9.17) is 14.2 Å². The van der Waals surface area contributed by atoms with Gasteiger partial charge >= 0.3 is 0 Å². The molecule has 0 aliphatic heterocycles. The Morgan fingerprint density at radius 2 is 1.56 bits per heavy atom. The summed E-state index contributed by atoms with van der Waals surface area (Å²) in [4.78, 5) is 15.4. The third kappa shape index (κ3) is 5.62. The van der Waals surface area contributed by atoms with Crippen molar-refractivity contribution < 1.29 is 19.0 Å². The van der Waals surface area contributed by atoms with Gasteiger partial charge in [0.25, 0.3) is 0 Å². The molecular weight excluding hydrogens is 366 g/mol. The lowest BCUT2D eigenvalue weighted by Gasteiger charge is -2.22. The zero-order chi connectivity index (χ0) is 19.1. The molecule has 2 aromatic carbocycles. The summed E-state index contributed by atoms with van der Waals surface area (Å²) < 4.78 is 16.2. The fraction of sp³-hybridized carbons (Fsp3) is 0.381. The van der Waals surface area contributed by atoms with Gasteiger partial charge in [-0.2, -0.15) is 0 Å². The molecule has 0 heterocycles. The van der Waals surface area contributed by atoms with Crippen molar-refractivity contribution in [3.8, 4) is 17.2 Å². The van der Waals surface area contributed by atoms with E-state index in [1.807, 2.05) is 49.3 Å². The number of carbonyl (C=O) groups excluding carboxylic acids is 1. The molecule has 27 heavy (non-hydrogen) atoms. The van der Waals surface area contributed by atoms with Gasteiger partial charge in [-0.15, -0.1) is 12.4 Å². The Bertz CT molecular complexity index is 734. The van der Waals surface area contributed by atoms with Crippen LogP contribution in [0.15, 0.2) is 42.5 Å². The molecule has 1 atom stereocenters. The van der Waals surface area contributed by atoms with Gasteiger partial charge in [0, 0.05) is 12.5 Å². The van der Waals surface area contributed by atoms with E-state index < -0.39 is 0 Å². The third-order valence-electron chi connectivity index (χ3n) is 4.25. The molecule has 0 unspecified atom stereocenters. The molecule has 0 spiro atoms. The smallest absolute Gasteiger partial charge is 0.204 e. The molecule has 5 nitrogen and oxygen atoms in total. The molecule has 2 aromatic rings. The molecule has 0 saturated heterocycles. The topological polar surface area (TPSA) is 48.0 Å². The lowest BCUT2D eigenvalue weighted by molar-refractivity contribution is 0.0892. The number of halogens is 1. The average Bonchev–Trinajstić information content (AvgIpc) is 2.65. The van der Waals surface area contributed by atoms with Crippen molar-refractivity contribution in [2.45, 2.75) is 6.42 Å². The highest BCUT2D eigenvalue weighted by Crippen LogP contribution is 2.40. The third-order valence-corrected chi connectivity index (χ3v) is 4.25. The van der Waals surface area contributed by atoms with Gasteiger partial charge in [0.2, 0.25) is 5.75 Å². The Labute approximate surface area is 167 Å². The van der Waals surface area contributed by atoms with Crippen LogP contribution in [0.3, 0.4) is 0 Å². The molecule has 6 heteroatoms. The molecule has 0 aliphatic carbocycles. The second kappa shape index (κ2) is 10.8. The zero-order valence-corrected chi connectivity index (χ0v) is 17.3. The number of hydrogen-bond acceptors (Lipinski definition) is 5. The summed E-state index contributed by atoms with van der Waals surface area (Å²) in [6, 6.07) is 13.5. The van der Waals surface area contributed by atoms with Crippen LogP contribution in [0.5, 0.6) is 17.2 Å². The fourth-order valence-corrected chi connectivity index (χ4v) is 3.09. The Morgan fingerprint density at radius 1 is 0.926 bits per heavy atom. The molecular formula is C21H28ClNO4. The number of carbonyl (C=O) groups is 1. The van der Waals surface area contributed by atoms with E-state index in [-0.39, 0.29) is 24.1 Å². The van der Waals surface area contributed by atoms with Gasteiger partial charge in [-0.3, -0.25) is 4.79 Å². The van der Waals surface area contributed by atoms with Gasteiger partial charge in [0.05, 0.1) is 26.9 Å².